The zero-order valence-electron chi connectivity index (χ0n) is 14.7. The number of carbonyl (C=O) groups is 2. The fourth-order valence-corrected chi connectivity index (χ4v) is 2.42. The number of hydrogen-bond donors (Lipinski definition) is 2. The highest BCUT2D eigenvalue weighted by Crippen LogP contribution is 2.15. The van der Waals surface area contributed by atoms with Gasteiger partial charge in [0.25, 0.3) is 11.8 Å². The molecule has 0 aliphatic carbocycles. The lowest BCUT2D eigenvalue weighted by Crippen LogP contribution is -2.34. The second-order valence-electron chi connectivity index (χ2n) is 5.79. The van der Waals surface area contributed by atoms with Gasteiger partial charge >= 0.3 is 0 Å². The third kappa shape index (κ3) is 5.47. The van der Waals surface area contributed by atoms with Crippen LogP contribution in [0.4, 0.5) is 0 Å². The van der Waals surface area contributed by atoms with Crippen molar-refractivity contribution in [3.05, 3.63) is 89.9 Å². The monoisotopic (exact) mass is 364 g/mol. The van der Waals surface area contributed by atoms with E-state index in [-0.39, 0.29) is 17.6 Å². The minimum Gasteiger partial charge on any atom is -0.489 e. The molecule has 0 radical (unpaired) electrons. The molecule has 1 aromatic heterocycles. The first-order valence-electron chi connectivity index (χ1n) is 8.59. The number of ether oxygens (including phenoxy) is 1. The standard InChI is InChI=1S/C21H20N2O4/c24-20(22-11-12-23-21(25)19-10-5-13-26-19)17-8-4-9-18(14-17)27-15-16-6-2-1-3-7-16/h1-10,13-14H,11-12,15H2,(H,22,24)(H,23,25). The molecule has 0 saturated heterocycles. The van der Waals surface area contributed by atoms with Crippen molar-refractivity contribution >= 4 is 11.8 Å². The number of carbonyl (C=O) groups excluding carboxylic acids is 2. The Morgan fingerprint density at radius 3 is 2.37 bits per heavy atom. The Kier molecular flexibility index (Phi) is 6.25. The molecule has 0 saturated carbocycles. The number of nitrogens with one attached hydrogen (secondary N) is 2. The number of hydrogen-bond acceptors (Lipinski definition) is 4. The second kappa shape index (κ2) is 9.24. The molecule has 2 aromatic carbocycles. The molecule has 3 aromatic rings. The molecule has 1 heterocycles. The summed E-state index contributed by atoms with van der Waals surface area (Å²) in [5.74, 6) is 0.320. The minimum atomic E-state index is -0.314. The largest absolute Gasteiger partial charge is 0.489 e. The van der Waals surface area contributed by atoms with Crippen molar-refractivity contribution in [3.8, 4) is 5.75 Å². The van der Waals surface area contributed by atoms with E-state index < -0.39 is 0 Å². The van der Waals surface area contributed by atoms with Crippen LogP contribution in [0, 0.1) is 0 Å². The lowest BCUT2D eigenvalue weighted by molar-refractivity contribution is 0.0910. The normalized spacial score (nSPS) is 10.2. The van der Waals surface area contributed by atoms with Crippen molar-refractivity contribution in [1.82, 2.24) is 10.6 Å². The van der Waals surface area contributed by atoms with Crippen LogP contribution in [0.5, 0.6) is 5.75 Å². The molecular formula is C21H20N2O4. The van der Waals surface area contributed by atoms with Gasteiger partial charge in [0.15, 0.2) is 5.76 Å². The summed E-state index contributed by atoms with van der Waals surface area (Å²) in [5.41, 5.74) is 1.55. The SMILES string of the molecule is O=C(NCCNC(=O)c1ccco1)c1cccc(OCc2ccccc2)c1. The summed E-state index contributed by atoms with van der Waals surface area (Å²) in [7, 11) is 0. The van der Waals surface area contributed by atoms with Gasteiger partial charge in [-0.05, 0) is 35.9 Å². The summed E-state index contributed by atoms with van der Waals surface area (Å²) in [6.45, 7) is 1.04. The number of furan rings is 1. The Hall–Kier alpha value is -3.54. The number of amides is 2. The zero-order valence-corrected chi connectivity index (χ0v) is 14.7. The van der Waals surface area contributed by atoms with Crippen LogP contribution in [0.25, 0.3) is 0 Å². The molecule has 2 N–H and O–H groups in total. The quantitative estimate of drug-likeness (QED) is 0.602. The van der Waals surface area contributed by atoms with Crippen molar-refractivity contribution < 1.29 is 18.7 Å². The Morgan fingerprint density at radius 2 is 1.63 bits per heavy atom. The average molecular weight is 364 g/mol. The fraction of sp³-hybridized carbons (Fsp3) is 0.143. The summed E-state index contributed by atoms with van der Waals surface area (Å²) in [6, 6.07) is 20.0. The average Bonchev–Trinajstić information content (AvgIpc) is 3.25. The second-order valence-corrected chi connectivity index (χ2v) is 5.79. The molecule has 27 heavy (non-hydrogen) atoms. The molecule has 0 atom stereocenters. The lowest BCUT2D eigenvalue weighted by atomic mass is 10.2. The van der Waals surface area contributed by atoms with Gasteiger partial charge in [0.05, 0.1) is 6.26 Å². The van der Waals surface area contributed by atoms with Gasteiger partial charge < -0.3 is 19.8 Å². The van der Waals surface area contributed by atoms with Gasteiger partial charge in [0.1, 0.15) is 12.4 Å². The van der Waals surface area contributed by atoms with Gasteiger partial charge in [-0.15, -0.1) is 0 Å². The van der Waals surface area contributed by atoms with Crippen molar-refractivity contribution in [1.29, 1.82) is 0 Å². The van der Waals surface area contributed by atoms with Gasteiger partial charge in [0, 0.05) is 18.7 Å². The van der Waals surface area contributed by atoms with E-state index in [2.05, 4.69) is 10.6 Å². The van der Waals surface area contributed by atoms with Crippen LogP contribution >= 0.6 is 0 Å². The van der Waals surface area contributed by atoms with Crippen LogP contribution in [-0.4, -0.2) is 24.9 Å². The number of rotatable bonds is 8. The van der Waals surface area contributed by atoms with Crippen LogP contribution in [-0.2, 0) is 6.61 Å². The maximum Gasteiger partial charge on any atom is 0.287 e. The maximum atomic E-state index is 12.2. The molecule has 3 rings (SSSR count). The van der Waals surface area contributed by atoms with Crippen molar-refractivity contribution in [2.75, 3.05) is 13.1 Å². The van der Waals surface area contributed by atoms with Crippen LogP contribution in [0.15, 0.2) is 77.4 Å². The van der Waals surface area contributed by atoms with Crippen LogP contribution in [0.3, 0.4) is 0 Å². The molecule has 6 nitrogen and oxygen atoms in total. The molecule has 0 aliphatic rings. The summed E-state index contributed by atoms with van der Waals surface area (Å²) < 4.78 is 10.7. The van der Waals surface area contributed by atoms with Gasteiger partial charge in [-0.25, -0.2) is 0 Å². The Labute approximate surface area is 157 Å². The summed E-state index contributed by atoms with van der Waals surface area (Å²) in [5, 5.41) is 5.43. The Bertz CT molecular complexity index is 876. The van der Waals surface area contributed by atoms with E-state index in [0.29, 0.717) is 31.0 Å². The Morgan fingerprint density at radius 1 is 0.852 bits per heavy atom. The molecule has 0 unspecified atom stereocenters. The first-order valence-corrected chi connectivity index (χ1v) is 8.59. The predicted molar refractivity (Wildman–Crippen MR) is 101 cm³/mol. The van der Waals surface area contributed by atoms with Crippen molar-refractivity contribution in [2.45, 2.75) is 6.61 Å². The summed E-state index contributed by atoms with van der Waals surface area (Å²) >= 11 is 0. The predicted octanol–water partition coefficient (Wildman–Crippen LogP) is 3.02. The zero-order chi connectivity index (χ0) is 18.9. The van der Waals surface area contributed by atoms with Gasteiger partial charge in [-0.1, -0.05) is 36.4 Å². The fourth-order valence-electron chi connectivity index (χ4n) is 2.42. The van der Waals surface area contributed by atoms with E-state index >= 15 is 0 Å². The topological polar surface area (TPSA) is 80.6 Å². The van der Waals surface area contributed by atoms with Crippen LogP contribution in [0.2, 0.25) is 0 Å². The van der Waals surface area contributed by atoms with E-state index in [9.17, 15) is 9.59 Å². The molecule has 2 amide bonds. The first kappa shape index (κ1) is 18.3. The Balaban J connectivity index is 1.45. The van der Waals surface area contributed by atoms with E-state index in [0.717, 1.165) is 5.56 Å². The lowest BCUT2D eigenvalue weighted by Gasteiger charge is -2.09. The van der Waals surface area contributed by atoms with Crippen molar-refractivity contribution in [3.63, 3.8) is 0 Å². The molecule has 0 aliphatic heterocycles. The summed E-state index contributed by atoms with van der Waals surface area (Å²) in [4.78, 5) is 24.0. The molecule has 138 valence electrons. The van der Waals surface area contributed by atoms with Crippen LogP contribution < -0.4 is 15.4 Å². The highest BCUT2D eigenvalue weighted by Gasteiger charge is 2.09. The maximum absolute atomic E-state index is 12.2. The number of benzene rings is 2. The first-order chi connectivity index (χ1) is 13.2. The van der Waals surface area contributed by atoms with E-state index in [1.807, 2.05) is 36.4 Å². The van der Waals surface area contributed by atoms with Gasteiger partial charge in [0.2, 0.25) is 0 Å². The summed E-state index contributed by atoms with van der Waals surface area (Å²) in [6.07, 6.45) is 1.43. The molecule has 0 fully saturated rings. The minimum absolute atomic E-state index is 0.229. The highest BCUT2D eigenvalue weighted by atomic mass is 16.5. The third-order valence-electron chi connectivity index (χ3n) is 3.79. The van der Waals surface area contributed by atoms with Crippen molar-refractivity contribution in [2.24, 2.45) is 0 Å². The van der Waals surface area contributed by atoms with Gasteiger partial charge in [-0.2, -0.15) is 0 Å². The third-order valence-corrected chi connectivity index (χ3v) is 3.79. The van der Waals surface area contributed by atoms with E-state index in [1.54, 1.807) is 30.3 Å². The van der Waals surface area contributed by atoms with Crippen LogP contribution in [0.1, 0.15) is 26.5 Å². The highest BCUT2D eigenvalue weighted by molar-refractivity contribution is 5.94. The van der Waals surface area contributed by atoms with E-state index in [4.69, 9.17) is 9.15 Å². The molecule has 0 spiro atoms. The molecular weight excluding hydrogens is 344 g/mol. The smallest absolute Gasteiger partial charge is 0.287 e. The molecule has 0 bridgehead atoms. The van der Waals surface area contributed by atoms with Gasteiger partial charge in [-0.3, -0.25) is 9.59 Å². The van der Waals surface area contributed by atoms with E-state index in [1.165, 1.54) is 6.26 Å². The molecule has 6 heteroatoms.